The fraction of sp³-hybridized carbons (Fsp3) is 0.143. The van der Waals surface area contributed by atoms with Crippen molar-refractivity contribution in [2.45, 2.75) is 11.4 Å². The number of rotatable bonds is 8. The van der Waals surface area contributed by atoms with Crippen molar-refractivity contribution < 1.29 is 22.7 Å². The van der Waals surface area contributed by atoms with Crippen LogP contribution in [-0.2, 0) is 21.3 Å². The number of carbonyl (C=O) groups is 1. The number of hydrogen-bond donors (Lipinski definition) is 2. The largest absolute Gasteiger partial charge is 0.497 e. The minimum absolute atomic E-state index is 0.0860. The summed E-state index contributed by atoms with van der Waals surface area (Å²) in [6.07, 6.45) is 1.65. The van der Waals surface area contributed by atoms with Crippen molar-refractivity contribution in [2.24, 2.45) is 0 Å². The van der Waals surface area contributed by atoms with Crippen molar-refractivity contribution in [3.8, 4) is 5.75 Å². The minimum atomic E-state index is -4.01. The van der Waals surface area contributed by atoms with Gasteiger partial charge in [0.25, 0.3) is 10.0 Å². The highest BCUT2D eigenvalue weighted by atomic mass is 32.2. The molecule has 0 aliphatic carbocycles. The molecule has 2 N–H and O–H groups in total. The number of benzene rings is 2. The number of anilines is 2. The van der Waals surface area contributed by atoms with Crippen LogP contribution in [0.1, 0.15) is 16.1 Å². The molecule has 0 amide bonds. The maximum Gasteiger partial charge on any atom is 0.337 e. The fourth-order valence-corrected chi connectivity index (χ4v) is 3.96. The van der Waals surface area contributed by atoms with Gasteiger partial charge in [-0.2, -0.15) is 0 Å². The Hall–Kier alpha value is -3.59. The predicted molar refractivity (Wildman–Crippen MR) is 113 cm³/mol. The van der Waals surface area contributed by atoms with Gasteiger partial charge in [0.1, 0.15) is 10.6 Å². The van der Waals surface area contributed by atoms with Crippen molar-refractivity contribution in [1.82, 2.24) is 4.98 Å². The second-order valence-corrected chi connectivity index (χ2v) is 7.86. The number of hydrogen-bond acceptors (Lipinski definition) is 7. The first-order valence-corrected chi connectivity index (χ1v) is 10.4. The molecule has 0 unspecified atom stereocenters. The third-order valence-corrected chi connectivity index (χ3v) is 5.64. The number of ether oxygens (including phenoxy) is 2. The third-order valence-electron chi connectivity index (χ3n) is 4.22. The van der Waals surface area contributed by atoms with E-state index >= 15 is 0 Å². The first-order chi connectivity index (χ1) is 14.4. The van der Waals surface area contributed by atoms with E-state index in [2.05, 4.69) is 15.0 Å². The average Bonchev–Trinajstić information content (AvgIpc) is 2.78. The summed E-state index contributed by atoms with van der Waals surface area (Å²) < 4.78 is 38.5. The zero-order valence-corrected chi connectivity index (χ0v) is 17.3. The lowest BCUT2D eigenvalue weighted by atomic mass is 10.2. The molecule has 0 bridgehead atoms. The molecule has 0 radical (unpaired) electrons. The first-order valence-electron chi connectivity index (χ1n) is 8.96. The summed E-state index contributed by atoms with van der Waals surface area (Å²) in [5.41, 5.74) is 1.54. The van der Waals surface area contributed by atoms with Crippen molar-refractivity contribution in [2.75, 3.05) is 24.3 Å². The normalized spacial score (nSPS) is 10.9. The molecule has 0 fully saturated rings. The van der Waals surface area contributed by atoms with Crippen LogP contribution in [0.3, 0.4) is 0 Å². The van der Waals surface area contributed by atoms with Crippen LogP contribution >= 0.6 is 0 Å². The van der Waals surface area contributed by atoms with E-state index in [1.807, 2.05) is 12.1 Å². The van der Waals surface area contributed by atoms with E-state index < -0.39 is 16.0 Å². The SMILES string of the molecule is COC(=O)c1ccc(NCc2ccccn2)c(S(=O)(=O)Nc2ccc(OC)cc2)c1. The van der Waals surface area contributed by atoms with Gasteiger partial charge in [0, 0.05) is 11.9 Å². The molecule has 0 aliphatic heterocycles. The van der Waals surface area contributed by atoms with E-state index in [0.717, 1.165) is 5.69 Å². The molecule has 30 heavy (non-hydrogen) atoms. The maximum atomic E-state index is 13.1. The van der Waals surface area contributed by atoms with Gasteiger partial charge < -0.3 is 14.8 Å². The lowest BCUT2D eigenvalue weighted by molar-refractivity contribution is 0.0600. The van der Waals surface area contributed by atoms with Gasteiger partial charge >= 0.3 is 5.97 Å². The van der Waals surface area contributed by atoms with Crippen molar-refractivity contribution in [3.63, 3.8) is 0 Å². The number of carbonyl (C=O) groups excluding carboxylic acids is 1. The lowest BCUT2D eigenvalue weighted by Gasteiger charge is -2.15. The van der Waals surface area contributed by atoms with Crippen LogP contribution in [0.2, 0.25) is 0 Å². The smallest absolute Gasteiger partial charge is 0.337 e. The number of esters is 1. The van der Waals surface area contributed by atoms with Gasteiger partial charge in [-0.05, 0) is 54.6 Å². The standard InChI is InChI=1S/C21H21N3O5S/c1-28-18-9-7-16(8-10-18)24-30(26,27)20-13-15(21(25)29-2)6-11-19(20)23-14-17-5-3-4-12-22-17/h3-13,23-24H,14H2,1-2H3. The molecule has 0 saturated heterocycles. The average molecular weight is 427 g/mol. The van der Waals surface area contributed by atoms with E-state index in [1.165, 1.54) is 32.4 Å². The summed E-state index contributed by atoms with van der Waals surface area (Å²) in [5, 5.41) is 3.07. The molecule has 2 aromatic carbocycles. The summed E-state index contributed by atoms with van der Waals surface area (Å²) in [5.74, 6) is -0.0319. The van der Waals surface area contributed by atoms with Gasteiger partial charge in [0.15, 0.2) is 0 Å². The Kier molecular flexibility index (Phi) is 6.53. The van der Waals surface area contributed by atoms with E-state index in [9.17, 15) is 13.2 Å². The topological polar surface area (TPSA) is 107 Å². The summed E-state index contributed by atoms with van der Waals surface area (Å²) in [6, 6.07) is 16.2. The van der Waals surface area contributed by atoms with Crippen LogP contribution in [0.4, 0.5) is 11.4 Å². The molecule has 0 aliphatic rings. The Balaban J connectivity index is 1.94. The van der Waals surface area contributed by atoms with Crippen LogP contribution in [0, 0.1) is 0 Å². The van der Waals surface area contributed by atoms with E-state index in [4.69, 9.17) is 9.47 Å². The quantitative estimate of drug-likeness (QED) is 0.531. The molecule has 1 aromatic heterocycles. The molecule has 0 atom stereocenters. The second kappa shape index (κ2) is 9.27. The van der Waals surface area contributed by atoms with Crippen LogP contribution < -0.4 is 14.8 Å². The highest BCUT2D eigenvalue weighted by Gasteiger charge is 2.21. The Morgan fingerprint density at radius 3 is 2.43 bits per heavy atom. The number of nitrogens with one attached hydrogen (secondary N) is 2. The first kappa shape index (κ1) is 21.1. The molecule has 156 valence electrons. The van der Waals surface area contributed by atoms with Crippen LogP contribution in [0.25, 0.3) is 0 Å². The Morgan fingerprint density at radius 1 is 1.03 bits per heavy atom. The summed E-state index contributed by atoms with van der Waals surface area (Å²) in [6.45, 7) is 0.309. The number of aromatic nitrogens is 1. The third kappa shape index (κ3) is 5.06. The minimum Gasteiger partial charge on any atom is -0.497 e. The predicted octanol–water partition coefficient (Wildman–Crippen LogP) is 3.29. The molecular weight excluding hydrogens is 406 g/mol. The second-order valence-electron chi connectivity index (χ2n) is 6.21. The van der Waals surface area contributed by atoms with Gasteiger partial charge in [-0.25, -0.2) is 13.2 Å². The van der Waals surface area contributed by atoms with Crippen LogP contribution in [0.5, 0.6) is 5.75 Å². The van der Waals surface area contributed by atoms with Crippen LogP contribution in [0.15, 0.2) is 71.8 Å². The van der Waals surface area contributed by atoms with E-state index in [0.29, 0.717) is 23.7 Å². The Bertz CT molecular complexity index is 1120. The summed E-state index contributed by atoms with van der Waals surface area (Å²) in [4.78, 5) is 16.1. The fourth-order valence-electron chi connectivity index (χ4n) is 2.69. The monoisotopic (exact) mass is 427 g/mol. The zero-order chi connectivity index (χ0) is 21.6. The number of methoxy groups -OCH3 is 2. The van der Waals surface area contributed by atoms with Gasteiger partial charge in [-0.1, -0.05) is 6.07 Å². The highest BCUT2D eigenvalue weighted by Crippen LogP contribution is 2.27. The lowest BCUT2D eigenvalue weighted by Crippen LogP contribution is -2.17. The molecule has 8 nitrogen and oxygen atoms in total. The Morgan fingerprint density at radius 2 is 1.80 bits per heavy atom. The maximum absolute atomic E-state index is 13.1. The molecule has 9 heteroatoms. The molecule has 0 spiro atoms. The molecular formula is C21H21N3O5S. The summed E-state index contributed by atoms with van der Waals surface area (Å²) in [7, 11) is -1.25. The Labute approximate surface area is 174 Å². The highest BCUT2D eigenvalue weighted by molar-refractivity contribution is 7.92. The molecule has 1 heterocycles. The van der Waals surface area contributed by atoms with Gasteiger partial charge in [0.05, 0.1) is 37.7 Å². The summed E-state index contributed by atoms with van der Waals surface area (Å²) >= 11 is 0. The number of sulfonamides is 1. The number of pyridine rings is 1. The van der Waals surface area contributed by atoms with E-state index in [1.54, 1.807) is 36.5 Å². The van der Waals surface area contributed by atoms with Crippen LogP contribution in [-0.4, -0.2) is 33.6 Å². The molecule has 3 rings (SSSR count). The van der Waals surface area contributed by atoms with Crippen molar-refractivity contribution in [1.29, 1.82) is 0 Å². The molecule has 0 saturated carbocycles. The van der Waals surface area contributed by atoms with Gasteiger partial charge in [-0.3, -0.25) is 9.71 Å². The zero-order valence-electron chi connectivity index (χ0n) is 16.5. The van der Waals surface area contributed by atoms with Crippen molar-refractivity contribution in [3.05, 3.63) is 78.1 Å². The van der Waals surface area contributed by atoms with Crippen molar-refractivity contribution >= 4 is 27.4 Å². The van der Waals surface area contributed by atoms with Gasteiger partial charge in [-0.15, -0.1) is 0 Å². The number of nitrogens with zero attached hydrogens (tertiary/aromatic N) is 1. The molecule has 3 aromatic rings. The van der Waals surface area contributed by atoms with E-state index in [-0.39, 0.29) is 10.5 Å². The van der Waals surface area contributed by atoms with Gasteiger partial charge in [0.2, 0.25) is 0 Å².